The zero-order valence-electron chi connectivity index (χ0n) is 10.2. The minimum atomic E-state index is 0.343. The van der Waals surface area contributed by atoms with Gasteiger partial charge in [0.15, 0.2) is 5.78 Å². The van der Waals surface area contributed by atoms with Crippen LogP contribution in [0.1, 0.15) is 41.6 Å². The van der Waals surface area contributed by atoms with Gasteiger partial charge in [0.05, 0.1) is 0 Å². The third kappa shape index (κ3) is 2.14. The van der Waals surface area contributed by atoms with Crippen LogP contribution in [0.5, 0.6) is 0 Å². The fourth-order valence-electron chi connectivity index (χ4n) is 3.18. The van der Waals surface area contributed by atoms with E-state index in [9.17, 15) is 4.79 Å². The number of likely N-dealkylation sites (tertiary alicyclic amines) is 1. The summed E-state index contributed by atoms with van der Waals surface area (Å²) in [5.41, 5.74) is 2.22. The number of nitrogens with zero attached hydrogens (tertiary/aromatic N) is 1. The van der Waals surface area contributed by atoms with Gasteiger partial charge >= 0.3 is 0 Å². The molecule has 0 amide bonds. The van der Waals surface area contributed by atoms with Gasteiger partial charge in [0.1, 0.15) is 0 Å². The van der Waals surface area contributed by atoms with Gasteiger partial charge in [0, 0.05) is 18.0 Å². The molecule has 0 spiro atoms. The highest BCUT2D eigenvalue weighted by Crippen LogP contribution is 2.25. The van der Waals surface area contributed by atoms with Gasteiger partial charge in [-0.05, 0) is 44.3 Å². The van der Waals surface area contributed by atoms with Crippen molar-refractivity contribution in [2.45, 2.75) is 38.1 Å². The predicted molar refractivity (Wildman–Crippen MR) is 68.3 cm³/mol. The Balaban J connectivity index is 1.81. The molecule has 0 aromatic heterocycles. The molecule has 1 aromatic rings. The maximum absolute atomic E-state index is 12.2. The minimum Gasteiger partial charge on any atom is -0.300 e. The van der Waals surface area contributed by atoms with E-state index in [-0.39, 0.29) is 0 Å². The van der Waals surface area contributed by atoms with Crippen LogP contribution in [0.4, 0.5) is 0 Å². The number of fused-ring (bicyclic) bond motifs is 1. The molecule has 0 saturated carbocycles. The SMILES string of the molecule is O=C1CC(N2CCCC2)CCc2ccccc21. The number of benzene rings is 1. The summed E-state index contributed by atoms with van der Waals surface area (Å²) in [7, 11) is 0. The van der Waals surface area contributed by atoms with E-state index in [4.69, 9.17) is 0 Å². The number of aryl methyl sites for hydroxylation is 1. The first-order chi connectivity index (χ1) is 8.34. The fourth-order valence-corrected chi connectivity index (χ4v) is 3.18. The van der Waals surface area contributed by atoms with Gasteiger partial charge in [-0.25, -0.2) is 0 Å². The third-order valence-electron chi connectivity index (χ3n) is 4.14. The average molecular weight is 229 g/mol. The quantitative estimate of drug-likeness (QED) is 0.690. The first kappa shape index (κ1) is 11.0. The molecule has 1 aliphatic carbocycles. The molecule has 0 radical (unpaired) electrons. The van der Waals surface area contributed by atoms with Crippen LogP contribution in [0.15, 0.2) is 24.3 Å². The lowest BCUT2D eigenvalue weighted by Crippen LogP contribution is -2.33. The Morgan fingerprint density at radius 1 is 1.12 bits per heavy atom. The Morgan fingerprint density at radius 2 is 1.88 bits per heavy atom. The summed E-state index contributed by atoms with van der Waals surface area (Å²) in [6.45, 7) is 2.38. The molecule has 1 aliphatic heterocycles. The lowest BCUT2D eigenvalue weighted by atomic mass is 10.0. The molecule has 1 fully saturated rings. The maximum atomic E-state index is 12.2. The van der Waals surface area contributed by atoms with Gasteiger partial charge in [-0.1, -0.05) is 24.3 Å². The van der Waals surface area contributed by atoms with Gasteiger partial charge in [0.2, 0.25) is 0 Å². The molecule has 2 heteroatoms. The molecule has 17 heavy (non-hydrogen) atoms. The summed E-state index contributed by atoms with van der Waals surface area (Å²) in [4.78, 5) is 14.8. The van der Waals surface area contributed by atoms with Crippen molar-refractivity contribution in [3.05, 3.63) is 35.4 Å². The van der Waals surface area contributed by atoms with Gasteiger partial charge in [-0.2, -0.15) is 0 Å². The van der Waals surface area contributed by atoms with Crippen LogP contribution in [-0.4, -0.2) is 29.8 Å². The highest BCUT2D eigenvalue weighted by atomic mass is 16.1. The molecular weight excluding hydrogens is 210 g/mol. The Morgan fingerprint density at radius 3 is 2.71 bits per heavy atom. The van der Waals surface area contributed by atoms with Crippen LogP contribution >= 0.6 is 0 Å². The fraction of sp³-hybridized carbons (Fsp3) is 0.533. The molecule has 1 unspecified atom stereocenters. The second-order valence-electron chi connectivity index (χ2n) is 5.22. The van der Waals surface area contributed by atoms with E-state index in [0.29, 0.717) is 11.8 Å². The highest BCUT2D eigenvalue weighted by Gasteiger charge is 2.27. The van der Waals surface area contributed by atoms with Crippen LogP contribution in [0.3, 0.4) is 0 Å². The average Bonchev–Trinajstić information content (AvgIpc) is 2.83. The number of hydrogen-bond donors (Lipinski definition) is 0. The van der Waals surface area contributed by atoms with E-state index in [1.165, 1.54) is 31.5 Å². The van der Waals surface area contributed by atoms with E-state index < -0.39 is 0 Å². The summed E-state index contributed by atoms with van der Waals surface area (Å²) in [5, 5.41) is 0. The number of carbonyl (C=O) groups is 1. The number of ketones is 1. The molecule has 1 aromatic carbocycles. The van der Waals surface area contributed by atoms with Crippen molar-refractivity contribution < 1.29 is 4.79 Å². The van der Waals surface area contributed by atoms with Crippen molar-refractivity contribution in [1.29, 1.82) is 0 Å². The Hall–Kier alpha value is -1.15. The molecule has 2 aliphatic rings. The van der Waals surface area contributed by atoms with Crippen molar-refractivity contribution in [3.8, 4) is 0 Å². The van der Waals surface area contributed by atoms with E-state index in [2.05, 4.69) is 11.0 Å². The maximum Gasteiger partial charge on any atom is 0.164 e. The Labute approximate surface area is 103 Å². The Bertz CT molecular complexity index is 421. The summed E-state index contributed by atoms with van der Waals surface area (Å²) in [6, 6.07) is 8.61. The number of carbonyl (C=O) groups excluding carboxylic acids is 1. The van der Waals surface area contributed by atoms with E-state index in [1.54, 1.807) is 0 Å². The van der Waals surface area contributed by atoms with Crippen LogP contribution in [0.25, 0.3) is 0 Å². The van der Waals surface area contributed by atoms with Crippen LogP contribution in [0.2, 0.25) is 0 Å². The number of hydrogen-bond acceptors (Lipinski definition) is 2. The topological polar surface area (TPSA) is 20.3 Å². The molecule has 1 heterocycles. The largest absolute Gasteiger partial charge is 0.300 e. The predicted octanol–water partition coefficient (Wildman–Crippen LogP) is 2.67. The summed E-state index contributed by atoms with van der Waals surface area (Å²) in [6.07, 6.45) is 5.53. The zero-order chi connectivity index (χ0) is 11.7. The van der Waals surface area contributed by atoms with Crippen molar-refractivity contribution in [2.75, 3.05) is 13.1 Å². The van der Waals surface area contributed by atoms with Crippen molar-refractivity contribution in [3.63, 3.8) is 0 Å². The lowest BCUT2D eigenvalue weighted by molar-refractivity contribution is 0.0936. The van der Waals surface area contributed by atoms with Gasteiger partial charge in [0.25, 0.3) is 0 Å². The lowest BCUT2D eigenvalue weighted by Gasteiger charge is -2.25. The van der Waals surface area contributed by atoms with Crippen LogP contribution < -0.4 is 0 Å². The molecule has 3 rings (SSSR count). The van der Waals surface area contributed by atoms with E-state index in [1.807, 2.05) is 18.2 Å². The first-order valence-corrected chi connectivity index (χ1v) is 6.70. The molecule has 90 valence electrons. The van der Waals surface area contributed by atoms with Crippen molar-refractivity contribution >= 4 is 5.78 Å². The molecule has 2 nitrogen and oxygen atoms in total. The molecular formula is C15H19NO. The summed E-state index contributed by atoms with van der Waals surface area (Å²) >= 11 is 0. The minimum absolute atomic E-state index is 0.343. The summed E-state index contributed by atoms with van der Waals surface area (Å²) in [5.74, 6) is 0.343. The van der Waals surface area contributed by atoms with Crippen molar-refractivity contribution in [2.24, 2.45) is 0 Å². The van der Waals surface area contributed by atoms with Gasteiger partial charge in [-0.3, -0.25) is 9.69 Å². The Kier molecular flexibility index (Phi) is 2.98. The molecule has 0 bridgehead atoms. The van der Waals surface area contributed by atoms with Crippen LogP contribution in [0, 0.1) is 0 Å². The molecule has 1 saturated heterocycles. The monoisotopic (exact) mass is 229 g/mol. The van der Waals surface area contributed by atoms with Crippen LogP contribution in [-0.2, 0) is 6.42 Å². The van der Waals surface area contributed by atoms with E-state index in [0.717, 1.165) is 24.8 Å². The second kappa shape index (κ2) is 4.61. The normalized spacial score (nSPS) is 25.6. The van der Waals surface area contributed by atoms with Gasteiger partial charge in [-0.15, -0.1) is 0 Å². The third-order valence-corrected chi connectivity index (χ3v) is 4.14. The highest BCUT2D eigenvalue weighted by molar-refractivity contribution is 5.98. The second-order valence-corrected chi connectivity index (χ2v) is 5.22. The number of rotatable bonds is 1. The van der Waals surface area contributed by atoms with Crippen molar-refractivity contribution in [1.82, 2.24) is 4.90 Å². The molecule has 1 atom stereocenters. The summed E-state index contributed by atoms with van der Waals surface area (Å²) < 4.78 is 0. The first-order valence-electron chi connectivity index (χ1n) is 6.70. The smallest absolute Gasteiger partial charge is 0.164 e. The number of Topliss-reactive ketones (excluding diaryl/α,β-unsaturated/α-hetero) is 1. The molecule has 0 N–H and O–H groups in total. The zero-order valence-corrected chi connectivity index (χ0v) is 10.2. The van der Waals surface area contributed by atoms with E-state index >= 15 is 0 Å². The van der Waals surface area contributed by atoms with Gasteiger partial charge < -0.3 is 0 Å². The standard InChI is InChI=1S/C15H19NO/c17-15-11-13(16-9-3-4-10-16)8-7-12-5-1-2-6-14(12)15/h1-2,5-6,13H,3-4,7-11H2.